The summed E-state index contributed by atoms with van der Waals surface area (Å²) in [5.74, 6) is 1.11. The van der Waals surface area contributed by atoms with E-state index in [1.807, 2.05) is 77.9 Å². The Hall–Kier alpha value is -3.89. The van der Waals surface area contributed by atoms with E-state index in [1.165, 1.54) is 0 Å². The minimum Gasteiger partial charge on any atom is -0.461 e. The third-order valence-corrected chi connectivity index (χ3v) is 7.33. The summed E-state index contributed by atoms with van der Waals surface area (Å²) >= 11 is 0. The van der Waals surface area contributed by atoms with E-state index in [0.717, 1.165) is 52.1 Å². The number of hydrogen-bond acceptors (Lipinski definition) is 9. The topological polar surface area (TPSA) is 112 Å². The van der Waals surface area contributed by atoms with E-state index in [4.69, 9.17) is 28.1 Å². The van der Waals surface area contributed by atoms with Gasteiger partial charge < -0.3 is 33.4 Å². The maximum atomic E-state index is 12.8. The van der Waals surface area contributed by atoms with Crippen molar-refractivity contribution in [1.29, 1.82) is 0 Å². The van der Waals surface area contributed by atoms with E-state index in [2.05, 4.69) is 21.4 Å². The number of carbonyl (C=O) groups excluding carboxylic acids is 1. The SMILES string of the molecule is Cc1cc2cc(-c3nc(-c4cccc5c4CCN5CC4(NC(=O)OC(C)(C)C)COC(C)(C)OC4)no3)ccc2o1. The number of nitrogens with zero attached hydrogens (tertiary/aromatic N) is 3. The summed E-state index contributed by atoms with van der Waals surface area (Å²) in [4.78, 5) is 19.8. The van der Waals surface area contributed by atoms with E-state index in [0.29, 0.717) is 31.5 Å². The molecular formula is C31H36N4O6. The minimum absolute atomic E-state index is 0.291. The molecule has 0 unspecified atom stereocenters. The van der Waals surface area contributed by atoms with Crippen LogP contribution in [-0.4, -0.2) is 59.5 Å². The second-order valence-corrected chi connectivity index (χ2v) is 12.4. The van der Waals surface area contributed by atoms with Crippen molar-refractivity contribution in [2.75, 3.05) is 31.2 Å². The molecule has 6 rings (SSSR count). The van der Waals surface area contributed by atoms with Crippen LogP contribution in [0.4, 0.5) is 10.5 Å². The molecule has 216 valence electrons. The van der Waals surface area contributed by atoms with Crippen molar-refractivity contribution >= 4 is 22.7 Å². The highest BCUT2D eigenvalue weighted by atomic mass is 16.7. The van der Waals surface area contributed by atoms with Crippen molar-refractivity contribution in [2.24, 2.45) is 0 Å². The molecule has 4 heterocycles. The molecule has 0 aliphatic carbocycles. The van der Waals surface area contributed by atoms with Crippen LogP contribution in [0, 0.1) is 6.92 Å². The van der Waals surface area contributed by atoms with Gasteiger partial charge in [0, 0.05) is 35.3 Å². The zero-order valence-corrected chi connectivity index (χ0v) is 24.4. The van der Waals surface area contributed by atoms with Crippen LogP contribution in [0.2, 0.25) is 0 Å². The zero-order chi connectivity index (χ0) is 29.0. The van der Waals surface area contributed by atoms with Gasteiger partial charge in [0.15, 0.2) is 5.79 Å². The van der Waals surface area contributed by atoms with Crippen LogP contribution in [0.25, 0.3) is 33.8 Å². The fraction of sp³-hybridized carbons (Fsp3) is 0.452. The van der Waals surface area contributed by atoms with Crippen LogP contribution >= 0.6 is 0 Å². The average molecular weight is 561 g/mol. The van der Waals surface area contributed by atoms with Crippen LogP contribution in [0.5, 0.6) is 0 Å². The van der Waals surface area contributed by atoms with Crippen molar-refractivity contribution in [2.45, 2.75) is 64.9 Å². The Morgan fingerprint density at radius 1 is 1.12 bits per heavy atom. The lowest BCUT2D eigenvalue weighted by Gasteiger charge is -2.45. The van der Waals surface area contributed by atoms with Crippen molar-refractivity contribution < 1.29 is 27.9 Å². The first-order valence-electron chi connectivity index (χ1n) is 13.9. The predicted octanol–water partition coefficient (Wildman–Crippen LogP) is 5.87. The molecule has 0 saturated carbocycles. The Kier molecular flexibility index (Phi) is 6.58. The molecule has 1 amide bonds. The van der Waals surface area contributed by atoms with Crippen LogP contribution < -0.4 is 10.2 Å². The lowest BCUT2D eigenvalue weighted by Crippen LogP contribution is -2.66. The lowest BCUT2D eigenvalue weighted by atomic mass is 9.99. The molecule has 2 aliphatic rings. The number of rotatable bonds is 5. The van der Waals surface area contributed by atoms with Gasteiger partial charge in [0.05, 0.1) is 13.2 Å². The third kappa shape index (κ3) is 5.67. The number of alkyl carbamates (subject to hydrolysis) is 1. The van der Waals surface area contributed by atoms with Crippen LogP contribution in [0.3, 0.4) is 0 Å². The van der Waals surface area contributed by atoms with Crippen molar-refractivity contribution in [3.8, 4) is 22.8 Å². The van der Waals surface area contributed by atoms with Crippen molar-refractivity contribution in [3.63, 3.8) is 0 Å². The molecule has 1 saturated heterocycles. The molecule has 2 aromatic heterocycles. The van der Waals surface area contributed by atoms with E-state index >= 15 is 0 Å². The number of nitrogens with one attached hydrogen (secondary N) is 1. The Bertz CT molecular complexity index is 1590. The summed E-state index contributed by atoms with van der Waals surface area (Å²) in [7, 11) is 0. The Labute approximate surface area is 238 Å². The molecule has 2 aliphatic heterocycles. The largest absolute Gasteiger partial charge is 0.461 e. The smallest absolute Gasteiger partial charge is 0.408 e. The van der Waals surface area contributed by atoms with Gasteiger partial charge >= 0.3 is 6.09 Å². The number of aryl methyl sites for hydroxylation is 1. The fourth-order valence-electron chi connectivity index (χ4n) is 5.43. The van der Waals surface area contributed by atoms with Crippen LogP contribution in [0.1, 0.15) is 45.9 Å². The van der Waals surface area contributed by atoms with Gasteiger partial charge in [-0.15, -0.1) is 0 Å². The molecular weight excluding hydrogens is 524 g/mol. The molecule has 0 radical (unpaired) electrons. The molecule has 0 bridgehead atoms. The van der Waals surface area contributed by atoms with Crippen molar-refractivity contribution in [3.05, 3.63) is 53.8 Å². The van der Waals surface area contributed by atoms with Gasteiger partial charge in [0.25, 0.3) is 5.89 Å². The number of fused-ring (bicyclic) bond motifs is 2. The molecule has 10 heteroatoms. The van der Waals surface area contributed by atoms with Crippen LogP contribution in [-0.2, 0) is 20.6 Å². The van der Waals surface area contributed by atoms with Crippen LogP contribution in [0.15, 0.2) is 51.4 Å². The zero-order valence-electron chi connectivity index (χ0n) is 24.4. The van der Waals surface area contributed by atoms with Gasteiger partial charge in [-0.05, 0) is 83.9 Å². The van der Waals surface area contributed by atoms with Gasteiger partial charge in [0.1, 0.15) is 22.5 Å². The highest BCUT2D eigenvalue weighted by molar-refractivity contribution is 5.83. The van der Waals surface area contributed by atoms with Gasteiger partial charge in [-0.3, -0.25) is 0 Å². The Balaban J connectivity index is 1.25. The number of aromatic nitrogens is 2. The second-order valence-electron chi connectivity index (χ2n) is 12.4. The van der Waals surface area contributed by atoms with E-state index < -0.39 is 23.0 Å². The molecule has 0 atom stereocenters. The first-order chi connectivity index (χ1) is 19.4. The number of amides is 1. The average Bonchev–Trinajstić information content (AvgIpc) is 3.62. The molecule has 41 heavy (non-hydrogen) atoms. The van der Waals surface area contributed by atoms with E-state index in [1.54, 1.807) is 0 Å². The third-order valence-electron chi connectivity index (χ3n) is 7.33. The summed E-state index contributed by atoms with van der Waals surface area (Å²) in [6.45, 7) is 13.0. The number of furan rings is 1. The minimum atomic E-state index is -0.793. The van der Waals surface area contributed by atoms with Crippen molar-refractivity contribution in [1.82, 2.24) is 15.5 Å². The van der Waals surface area contributed by atoms with Gasteiger partial charge in [-0.1, -0.05) is 17.3 Å². The summed E-state index contributed by atoms with van der Waals surface area (Å²) in [5.41, 5.74) is 3.35. The number of hydrogen-bond donors (Lipinski definition) is 1. The summed E-state index contributed by atoms with van der Waals surface area (Å²) in [6, 6.07) is 13.9. The maximum Gasteiger partial charge on any atom is 0.408 e. The highest BCUT2D eigenvalue weighted by Gasteiger charge is 2.44. The maximum absolute atomic E-state index is 12.8. The summed E-state index contributed by atoms with van der Waals surface area (Å²) < 4.78 is 29.0. The number of benzene rings is 2. The lowest BCUT2D eigenvalue weighted by molar-refractivity contribution is -0.269. The van der Waals surface area contributed by atoms with E-state index in [-0.39, 0.29) is 0 Å². The number of carbonyl (C=O) groups is 1. The molecule has 4 aromatic rings. The summed E-state index contributed by atoms with van der Waals surface area (Å²) in [5, 5.41) is 8.38. The Morgan fingerprint density at radius 3 is 2.66 bits per heavy atom. The Morgan fingerprint density at radius 2 is 1.90 bits per heavy atom. The number of ether oxygens (including phenoxy) is 3. The first kappa shape index (κ1) is 27.3. The standard InChI is InChI=1S/C31H36N4O6/c1-19-14-21-15-20(10-11-25(21)39-19)27-32-26(34-41-27)23-8-7-9-24-22(23)12-13-35(24)16-31(17-37-30(5,6)38-18-31)33-28(36)40-29(2,3)4/h7-11,14-15H,12-13,16-18H2,1-6H3,(H,33,36). The normalized spacial score (nSPS) is 18.0. The quantitative estimate of drug-likeness (QED) is 0.320. The monoisotopic (exact) mass is 560 g/mol. The first-order valence-corrected chi connectivity index (χ1v) is 13.9. The predicted molar refractivity (Wildman–Crippen MR) is 154 cm³/mol. The molecule has 2 aromatic carbocycles. The van der Waals surface area contributed by atoms with Gasteiger partial charge in [-0.2, -0.15) is 4.98 Å². The van der Waals surface area contributed by atoms with Gasteiger partial charge in [-0.25, -0.2) is 4.79 Å². The molecule has 0 spiro atoms. The van der Waals surface area contributed by atoms with Gasteiger partial charge in [0.2, 0.25) is 5.82 Å². The fourth-order valence-corrected chi connectivity index (χ4v) is 5.43. The number of anilines is 1. The molecule has 1 N–H and O–H groups in total. The summed E-state index contributed by atoms with van der Waals surface area (Å²) in [6.07, 6.45) is 0.298. The highest BCUT2D eigenvalue weighted by Crippen LogP contribution is 2.37. The van der Waals surface area contributed by atoms with E-state index in [9.17, 15) is 4.79 Å². The second kappa shape index (κ2) is 9.88. The molecule has 1 fully saturated rings. The molecule has 10 nitrogen and oxygen atoms in total.